The highest BCUT2D eigenvalue weighted by Gasteiger charge is 2.42. The average Bonchev–Trinajstić information content (AvgIpc) is 2.10. The van der Waals surface area contributed by atoms with E-state index in [1.54, 1.807) is 0 Å². The number of rotatable bonds is 2. The molecule has 1 fully saturated rings. The molecule has 0 spiro atoms. The molecule has 0 amide bonds. The predicted octanol–water partition coefficient (Wildman–Crippen LogP) is -2.72. The van der Waals surface area contributed by atoms with E-state index in [0.29, 0.717) is 6.54 Å². The number of hydrogen-bond acceptors (Lipinski definition) is 5. The Balaban J connectivity index is 2.65. The Bertz CT molecular complexity index is 154. The first-order valence-electron chi connectivity index (χ1n) is 3.97. The highest BCUT2D eigenvalue weighted by molar-refractivity contribution is 4.96. The summed E-state index contributed by atoms with van der Waals surface area (Å²) in [5.74, 6) is -0.407. The molecule has 5 heteroatoms. The van der Waals surface area contributed by atoms with Crippen molar-refractivity contribution in [2.24, 2.45) is 5.92 Å². The van der Waals surface area contributed by atoms with Crippen LogP contribution in [0.4, 0.5) is 0 Å². The fourth-order valence-electron chi connectivity index (χ4n) is 1.44. The Morgan fingerprint density at radius 1 is 1.42 bits per heavy atom. The lowest BCUT2D eigenvalue weighted by Crippen LogP contribution is -2.62. The van der Waals surface area contributed by atoms with Crippen LogP contribution in [0, 0.1) is 5.92 Å². The van der Waals surface area contributed by atoms with E-state index in [2.05, 4.69) is 5.32 Å². The molecule has 1 aliphatic rings. The van der Waals surface area contributed by atoms with Gasteiger partial charge in [0.2, 0.25) is 0 Å². The van der Waals surface area contributed by atoms with E-state index >= 15 is 0 Å². The number of β-amino-alcohol motifs (C(OH)–C–C–N with tert-alkyl or cyclic N) is 1. The first-order chi connectivity index (χ1) is 5.64. The molecule has 5 N–H and O–H groups in total. The van der Waals surface area contributed by atoms with Gasteiger partial charge >= 0.3 is 0 Å². The van der Waals surface area contributed by atoms with Gasteiger partial charge in [0.25, 0.3) is 0 Å². The molecule has 12 heavy (non-hydrogen) atoms. The summed E-state index contributed by atoms with van der Waals surface area (Å²) >= 11 is 0. The Morgan fingerprint density at radius 3 is 2.58 bits per heavy atom. The van der Waals surface area contributed by atoms with Crippen LogP contribution in [-0.4, -0.2) is 58.4 Å². The van der Waals surface area contributed by atoms with E-state index < -0.39 is 24.2 Å². The molecule has 3 atom stereocenters. The molecule has 5 nitrogen and oxygen atoms in total. The zero-order chi connectivity index (χ0) is 9.19. The molecule has 1 heterocycles. The molecule has 0 aromatic carbocycles. The summed E-state index contributed by atoms with van der Waals surface area (Å²) in [5, 5.41) is 39.5. The van der Waals surface area contributed by atoms with Gasteiger partial charge in [-0.15, -0.1) is 0 Å². The van der Waals surface area contributed by atoms with Crippen LogP contribution < -0.4 is 5.32 Å². The highest BCUT2D eigenvalue weighted by atomic mass is 16.4. The van der Waals surface area contributed by atoms with Crippen LogP contribution in [0.5, 0.6) is 0 Å². The first kappa shape index (κ1) is 9.88. The van der Waals surface area contributed by atoms with Crippen LogP contribution in [0.15, 0.2) is 0 Å². The summed E-state index contributed by atoms with van der Waals surface area (Å²) in [4.78, 5) is 0. The summed E-state index contributed by atoms with van der Waals surface area (Å²) < 4.78 is 0. The van der Waals surface area contributed by atoms with Crippen molar-refractivity contribution in [3.63, 3.8) is 0 Å². The van der Waals surface area contributed by atoms with Gasteiger partial charge in [-0.1, -0.05) is 0 Å². The van der Waals surface area contributed by atoms with Crippen LogP contribution in [0.1, 0.15) is 0 Å². The largest absolute Gasteiger partial charge is 0.396 e. The van der Waals surface area contributed by atoms with Crippen LogP contribution in [-0.2, 0) is 0 Å². The second-order valence-corrected chi connectivity index (χ2v) is 3.28. The summed E-state index contributed by atoms with van der Waals surface area (Å²) in [5.41, 5.74) is -1.51. The highest BCUT2D eigenvalue weighted by Crippen LogP contribution is 2.20. The van der Waals surface area contributed by atoms with Crippen LogP contribution in [0.3, 0.4) is 0 Å². The van der Waals surface area contributed by atoms with E-state index in [-0.39, 0.29) is 13.2 Å². The van der Waals surface area contributed by atoms with Crippen molar-refractivity contribution in [1.82, 2.24) is 5.32 Å². The molecule has 1 rings (SSSR count). The fourth-order valence-corrected chi connectivity index (χ4v) is 1.44. The molecule has 72 valence electrons. The molecule has 0 aromatic heterocycles. The second kappa shape index (κ2) is 3.68. The zero-order valence-corrected chi connectivity index (χ0v) is 6.77. The zero-order valence-electron chi connectivity index (χ0n) is 6.77. The topological polar surface area (TPSA) is 93.0 Å². The normalized spacial score (nSPS) is 43.0. The van der Waals surface area contributed by atoms with Crippen LogP contribution >= 0.6 is 0 Å². The van der Waals surface area contributed by atoms with Gasteiger partial charge in [-0.25, -0.2) is 0 Å². The SMILES string of the molecule is OC[C@H]1CNC[C@](O)(CO)[C@@H]1O. The number of aliphatic hydroxyl groups is 4. The number of hydrogen-bond donors (Lipinski definition) is 5. The van der Waals surface area contributed by atoms with E-state index in [4.69, 9.17) is 10.2 Å². The molecule has 0 radical (unpaired) electrons. The van der Waals surface area contributed by atoms with Gasteiger partial charge in [-0.05, 0) is 0 Å². The maximum atomic E-state index is 9.58. The van der Waals surface area contributed by atoms with Crippen molar-refractivity contribution in [1.29, 1.82) is 0 Å². The molecule has 0 aromatic rings. The number of nitrogens with one attached hydrogen (secondary N) is 1. The Morgan fingerprint density at radius 2 is 2.08 bits per heavy atom. The number of aliphatic hydroxyl groups excluding tert-OH is 3. The van der Waals surface area contributed by atoms with Crippen molar-refractivity contribution in [2.45, 2.75) is 11.7 Å². The molecular formula is C7H15NO4. The summed E-state index contributed by atoms with van der Waals surface area (Å²) in [6, 6.07) is 0. The minimum absolute atomic E-state index is 0.154. The lowest BCUT2D eigenvalue weighted by molar-refractivity contribution is -0.145. The fraction of sp³-hybridized carbons (Fsp3) is 1.00. The summed E-state index contributed by atoms with van der Waals surface area (Å²) in [6.07, 6.45) is -1.06. The molecule has 1 aliphatic heterocycles. The Hall–Kier alpha value is -0.200. The minimum Gasteiger partial charge on any atom is -0.396 e. The van der Waals surface area contributed by atoms with Crippen molar-refractivity contribution >= 4 is 0 Å². The van der Waals surface area contributed by atoms with Crippen LogP contribution in [0.25, 0.3) is 0 Å². The maximum Gasteiger partial charge on any atom is 0.126 e. The maximum absolute atomic E-state index is 9.58. The average molecular weight is 177 g/mol. The molecule has 0 saturated carbocycles. The Kier molecular flexibility index (Phi) is 3.03. The van der Waals surface area contributed by atoms with Gasteiger partial charge in [0, 0.05) is 25.6 Å². The quantitative estimate of drug-likeness (QED) is 0.316. The lowest BCUT2D eigenvalue weighted by atomic mass is 9.84. The standard InChI is InChI=1S/C7H15NO4/c9-2-5-1-8-3-7(12,4-10)6(5)11/h5-6,8-12H,1-4H2/t5-,6-,7+/m1/s1. The number of piperidine rings is 1. The van der Waals surface area contributed by atoms with Gasteiger partial charge in [0.05, 0.1) is 12.7 Å². The third-order valence-electron chi connectivity index (χ3n) is 2.34. The van der Waals surface area contributed by atoms with E-state index in [1.165, 1.54) is 0 Å². The molecular weight excluding hydrogens is 162 g/mol. The Labute approximate surface area is 70.6 Å². The second-order valence-electron chi connectivity index (χ2n) is 3.28. The first-order valence-corrected chi connectivity index (χ1v) is 3.97. The van der Waals surface area contributed by atoms with Crippen molar-refractivity contribution in [2.75, 3.05) is 26.3 Å². The van der Waals surface area contributed by atoms with Crippen molar-refractivity contribution < 1.29 is 20.4 Å². The van der Waals surface area contributed by atoms with E-state index in [9.17, 15) is 10.2 Å². The van der Waals surface area contributed by atoms with Crippen molar-refractivity contribution in [3.05, 3.63) is 0 Å². The van der Waals surface area contributed by atoms with E-state index in [0.717, 1.165) is 0 Å². The van der Waals surface area contributed by atoms with Gasteiger partial charge in [0.15, 0.2) is 0 Å². The van der Waals surface area contributed by atoms with Crippen LogP contribution in [0.2, 0.25) is 0 Å². The van der Waals surface area contributed by atoms with Gasteiger partial charge in [-0.3, -0.25) is 0 Å². The van der Waals surface area contributed by atoms with Gasteiger partial charge in [0.1, 0.15) is 5.60 Å². The molecule has 1 saturated heterocycles. The molecule has 0 aliphatic carbocycles. The van der Waals surface area contributed by atoms with Crippen molar-refractivity contribution in [3.8, 4) is 0 Å². The third kappa shape index (κ3) is 1.60. The summed E-state index contributed by atoms with van der Waals surface area (Å²) in [7, 11) is 0. The third-order valence-corrected chi connectivity index (χ3v) is 2.34. The summed E-state index contributed by atoms with van der Waals surface area (Å²) in [6.45, 7) is -0.0880. The lowest BCUT2D eigenvalue weighted by Gasteiger charge is -2.40. The van der Waals surface area contributed by atoms with Gasteiger partial charge in [-0.2, -0.15) is 0 Å². The van der Waals surface area contributed by atoms with Gasteiger partial charge < -0.3 is 25.7 Å². The predicted molar refractivity (Wildman–Crippen MR) is 41.5 cm³/mol. The smallest absolute Gasteiger partial charge is 0.126 e. The monoisotopic (exact) mass is 177 g/mol. The minimum atomic E-state index is -1.51. The molecule has 0 unspecified atom stereocenters. The molecule has 0 bridgehead atoms. The van der Waals surface area contributed by atoms with E-state index in [1.807, 2.05) is 0 Å².